The van der Waals surface area contributed by atoms with Gasteiger partial charge in [0.25, 0.3) is 0 Å². The van der Waals surface area contributed by atoms with E-state index in [0.717, 1.165) is 6.54 Å². The first kappa shape index (κ1) is 11.6. The van der Waals surface area contributed by atoms with Crippen LogP contribution in [0.25, 0.3) is 0 Å². The predicted octanol–water partition coefficient (Wildman–Crippen LogP) is 0.773. The van der Waals surface area contributed by atoms with E-state index in [9.17, 15) is 5.11 Å². The number of aliphatic hydroxyl groups is 1. The lowest BCUT2D eigenvalue weighted by Gasteiger charge is -2.08. The van der Waals surface area contributed by atoms with Crippen LogP contribution in [0, 0.1) is 11.8 Å². The molecule has 4 unspecified atom stereocenters. The Bertz CT molecular complexity index is 328. The Labute approximate surface area is 96.9 Å². The number of aliphatic hydroxyl groups excluding tert-OH is 1. The van der Waals surface area contributed by atoms with Gasteiger partial charge in [0.1, 0.15) is 6.23 Å². The fraction of sp³-hybridized carbons (Fsp3) is 0.538. The minimum Gasteiger partial charge on any atom is -0.378 e. The first-order valence-corrected chi connectivity index (χ1v) is 5.84. The largest absolute Gasteiger partial charge is 0.378 e. The topological polar surface area (TPSA) is 44.3 Å². The van der Waals surface area contributed by atoms with Crippen LogP contribution in [-0.4, -0.2) is 32.0 Å². The first-order valence-electron chi connectivity index (χ1n) is 5.84. The van der Waals surface area contributed by atoms with E-state index in [0.29, 0.717) is 17.8 Å². The Balaban J connectivity index is 2.09. The summed E-state index contributed by atoms with van der Waals surface area (Å²) in [7, 11) is 3.77. The van der Waals surface area contributed by atoms with Gasteiger partial charge in [-0.1, -0.05) is 30.3 Å². The molecule has 0 radical (unpaired) electrons. The molecule has 0 amide bonds. The molecule has 3 N–H and O–H groups in total. The summed E-state index contributed by atoms with van der Waals surface area (Å²) < 4.78 is 0. The highest BCUT2D eigenvalue weighted by atomic mass is 16.3. The molecule has 0 aromatic heterocycles. The summed E-state index contributed by atoms with van der Waals surface area (Å²) in [5.41, 5.74) is 1.34. The average Bonchev–Trinajstić information content (AvgIpc) is 3.04. The van der Waals surface area contributed by atoms with Crippen molar-refractivity contribution in [3.63, 3.8) is 0 Å². The molecule has 88 valence electrons. The Morgan fingerprint density at radius 2 is 1.94 bits per heavy atom. The maximum absolute atomic E-state index is 9.89. The van der Waals surface area contributed by atoms with Crippen molar-refractivity contribution < 1.29 is 5.11 Å². The molecular formula is C13H20N2O. The highest BCUT2D eigenvalue weighted by Gasteiger charge is 2.53. The Morgan fingerprint density at radius 3 is 2.50 bits per heavy atom. The second kappa shape index (κ2) is 4.95. The number of hydrogen-bond donors (Lipinski definition) is 3. The number of hydrogen-bond acceptors (Lipinski definition) is 3. The molecule has 3 heteroatoms. The number of rotatable bonds is 5. The molecule has 1 aliphatic rings. The van der Waals surface area contributed by atoms with Crippen LogP contribution in [0.15, 0.2) is 30.3 Å². The van der Waals surface area contributed by atoms with Gasteiger partial charge in [0.05, 0.1) is 0 Å². The van der Waals surface area contributed by atoms with Crippen molar-refractivity contribution in [3.05, 3.63) is 35.9 Å². The van der Waals surface area contributed by atoms with Gasteiger partial charge in [-0.2, -0.15) is 0 Å². The molecule has 0 saturated heterocycles. The van der Waals surface area contributed by atoms with Gasteiger partial charge >= 0.3 is 0 Å². The molecule has 1 aliphatic carbocycles. The fourth-order valence-corrected chi connectivity index (χ4v) is 2.67. The second-order valence-electron chi connectivity index (χ2n) is 4.47. The van der Waals surface area contributed by atoms with E-state index in [4.69, 9.17) is 0 Å². The van der Waals surface area contributed by atoms with Gasteiger partial charge in [-0.3, -0.25) is 5.32 Å². The van der Waals surface area contributed by atoms with Gasteiger partial charge in [-0.05, 0) is 38.0 Å². The van der Waals surface area contributed by atoms with Crippen molar-refractivity contribution in [2.75, 3.05) is 20.6 Å². The zero-order valence-corrected chi connectivity index (χ0v) is 9.85. The van der Waals surface area contributed by atoms with Gasteiger partial charge in [-0.25, -0.2) is 0 Å². The third-order valence-corrected chi connectivity index (χ3v) is 3.51. The summed E-state index contributed by atoms with van der Waals surface area (Å²) in [5, 5.41) is 16.0. The Morgan fingerprint density at radius 1 is 1.25 bits per heavy atom. The zero-order valence-electron chi connectivity index (χ0n) is 9.85. The third-order valence-electron chi connectivity index (χ3n) is 3.51. The lowest BCUT2D eigenvalue weighted by molar-refractivity contribution is 0.116. The smallest absolute Gasteiger partial charge is 0.108 e. The minimum atomic E-state index is -0.399. The van der Waals surface area contributed by atoms with E-state index in [1.54, 1.807) is 0 Å². The summed E-state index contributed by atoms with van der Waals surface area (Å²) in [6, 6.07) is 10.5. The SMILES string of the molecule is CNCC1C(c2ccccc2)C1C(O)NC. The number of nitrogens with one attached hydrogen (secondary N) is 2. The van der Waals surface area contributed by atoms with Crippen molar-refractivity contribution >= 4 is 0 Å². The monoisotopic (exact) mass is 220 g/mol. The van der Waals surface area contributed by atoms with Gasteiger partial charge in [-0.15, -0.1) is 0 Å². The van der Waals surface area contributed by atoms with E-state index in [1.165, 1.54) is 5.56 Å². The summed E-state index contributed by atoms with van der Waals surface area (Å²) in [6.45, 7) is 0.961. The standard InChI is InChI=1S/C13H20N2O/c1-14-8-10-11(12(10)13(16)15-2)9-6-4-3-5-7-9/h3-7,10-16H,8H2,1-2H3. The molecule has 1 aromatic rings. The van der Waals surface area contributed by atoms with Crippen LogP contribution in [0.1, 0.15) is 11.5 Å². The molecule has 1 aromatic carbocycles. The van der Waals surface area contributed by atoms with E-state index in [2.05, 4.69) is 34.9 Å². The quantitative estimate of drug-likeness (QED) is 0.642. The van der Waals surface area contributed by atoms with Crippen molar-refractivity contribution in [3.8, 4) is 0 Å². The lowest BCUT2D eigenvalue weighted by Crippen LogP contribution is -2.28. The molecule has 0 aliphatic heterocycles. The van der Waals surface area contributed by atoms with Crippen LogP contribution < -0.4 is 10.6 Å². The Kier molecular flexibility index (Phi) is 3.59. The Hall–Kier alpha value is -0.900. The van der Waals surface area contributed by atoms with Crippen molar-refractivity contribution in [1.82, 2.24) is 10.6 Å². The normalized spacial score (nSPS) is 30.1. The van der Waals surface area contributed by atoms with Crippen LogP contribution in [0.4, 0.5) is 0 Å². The molecule has 3 nitrogen and oxygen atoms in total. The molecule has 4 atom stereocenters. The van der Waals surface area contributed by atoms with E-state index in [-0.39, 0.29) is 0 Å². The van der Waals surface area contributed by atoms with Gasteiger partial charge < -0.3 is 10.4 Å². The molecule has 2 rings (SSSR count). The summed E-state index contributed by atoms with van der Waals surface area (Å²) >= 11 is 0. The summed E-state index contributed by atoms with van der Waals surface area (Å²) in [5.74, 6) is 1.35. The molecule has 1 fully saturated rings. The average molecular weight is 220 g/mol. The molecule has 0 bridgehead atoms. The minimum absolute atomic E-state index is 0.333. The lowest BCUT2D eigenvalue weighted by atomic mass is 10.1. The van der Waals surface area contributed by atoms with E-state index < -0.39 is 6.23 Å². The van der Waals surface area contributed by atoms with Crippen molar-refractivity contribution in [1.29, 1.82) is 0 Å². The maximum Gasteiger partial charge on any atom is 0.108 e. The summed E-state index contributed by atoms with van der Waals surface area (Å²) in [4.78, 5) is 0. The highest BCUT2D eigenvalue weighted by molar-refractivity contribution is 5.29. The van der Waals surface area contributed by atoms with E-state index >= 15 is 0 Å². The van der Waals surface area contributed by atoms with Gasteiger partial charge in [0.2, 0.25) is 0 Å². The summed E-state index contributed by atoms with van der Waals surface area (Å²) in [6.07, 6.45) is -0.399. The molecular weight excluding hydrogens is 200 g/mol. The number of benzene rings is 1. The van der Waals surface area contributed by atoms with Crippen LogP contribution in [0.5, 0.6) is 0 Å². The van der Waals surface area contributed by atoms with Crippen molar-refractivity contribution in [2.24, 2.45) is 11.8 Å². The van der Waals surface area contributed by atoms with Crippen LogP contribution in [-0.2, 0) is 0 Å². The van der Waals surface area contributed by atoms with Gasteiger partial charge in [0, 0.05) is 5.92 Å². The fourth-order valence-electron chi connectivity index (χ4n) is 2.67. The first-order chi connectivity index (χ1) is 7.79. The zero-order chi connectivity index (χ0) is 11.5. The molecule has 0 heterocycles. The molecule has 1 saturated carbocycles. The van der Waals surface area contributed by atoms with Crippen LogP contribution >= 0.6 is 0 Å². The van der Waals surface area contributed by atoms with Gasteiger partial charge in [0.15, 0.2) is 0 Å². The van der Waals surface area contributed by atoms with Crippen molar-refractivity contribution in [2.45, 2.75) is 12.1 Å². The third kappa shape index (κ3) is 2.12. The van der Waals surface area contributed by atoms with E-state index in [1.807, 2.05) is 20.2 Å². The molecule has 16 heavy (non-hydrogen) atoms. The highest BCUT2D eigenvalue weighted by Crippen LogP contribution is 2.54. The molecule has 0 spiro atoms. The predicted molar refractivity (Wildman–Crippen MR) is 65.2 cm³/mol. The maximum atomic E-state index is 9.89. The second-order valence-corrected chi connectivity index (χ2v) is 4.47. The van der Waals surface area contributed by atoms with Crippen LogP contribution in [0.3, 0.4) is 0 Å². The van der Waals surface area contributed by atoms with Crippen LogP contribution in [0.2, 0.25) is 0 Å².